The number of benzene rings is 1. The Morgan fingerprint density at radius 3 is 2.45 bits per heavy atom. The summed E-state index contributed by atoms with van der Waals surface area (Å²) < 4.78 is 22.7. The number of carbonyl (C=O) groups excluding carboxylic acids is 1. The van der Waals surface area contributed by atoms with E-state index in [4.69, 9.17) is 11.6 Å². The normalized spacial score (nSPS) is 18.5. The van der Waals surface area contributed by atoms with Crippen molar-refractivity contribution in [3.05, 3.63) is 34.9 Å². The maximum Gasteiger partial charge on any atom is 0.330 e. The van der Waals surface area contributed by atoms with Gasteiger partial charge in [-0.3, -0.25) is 0 Å². The van der Waals surface area contributed by atoms with Gasteiger partial charge in [-0.1, -0.05) is 23.7 Å². The fourth-order valence-electron chi connectivity index (χ4n) is 2.10. The fourth-order valence-corrected chi connectivity index (χ4v) is 3.50. The van der Waals surface area contributed by atoms with Crippen LogP contribution in [-0.4, -0.2) is 55.0 Å². The molecule has 0 radical (unpaired) electrons. The van der Waals surface area contributed by atoms with Crippen LogP contribution in [-0.2, 0) is 14.6 Å². The van der Waals surface area contributed by atoms with Crippen molar-refractivity contribution in [2.24, 2.45) is 0 Å². The molecule has 7 nitrogen and oxygen atoms in total. The van der Waals surface area contributed by atoms with Crippen LogP contribution in [0.2, 0.25) is 5.02 Å². The number of halogens is 1. The molecule has 120 valence electrons. The SMILES string of the molecule is O=C(O)C(NC(=O)N1CCS(=O)(=O)CC1)c1cccc(Cl)c1. The van der Waals surface area contributed by atoms with E-state index in [1.807, 2.05) is 0 Å². The van der Waals surface area contributed by atoms with Crippen molar-refractivity contribution >= 4 is 33.4 Å². The van der Waals surface area contributed by atoms with Crippen molar-refractivity contribution in [3.8, 4) is 0 Å². The molecule has 0 saturated carbocycles. The Morgan fingerprint density at radius 1 is 1.27 bits per heavy atom. The number of carboxylic acids is 1. The van der Waals surface area contributed by atoms with Gasteiger partial charge in [0.2, 0.25) is 0 Å². The third-order valence-electron chi connectivity index (χ3n) is 3.33. The van der Waals surface area contributed by atoms with E-state index in [2.05, 4.69) is 5.32 Å². The first kappa shape index (κ1) is 16.6. The maximum atomic E-state index is 12.1. The highest BCUT2D eigenvalue weighted by atomic mass is 35.5. The number of sulfone groups is 1. The number of rotatable bonds is 3. The Morgan fingerprint density at radius 2 is 1.91 bits per heavy atom. The summed E-state index contributed by atoms with van der Waals surface area (Å²) in [4.78, 5) is 24.8. The molecule has 2 rings (SSSR count). The number of hydrogen-bond donors (Lipinski definition) is 2. The minimum Gasteiger partial charge on any atom is -0.479 e. The van der Waals surface area contributed by atoms with Crippen molar-refractivity contribution in [1.29, 1.82) is 0 Å². The summed E-state index contributed by atoms with van der Waals surface area (Å²) in [5, 5.41) is 12.0. The molecule has 1 saturated heterocycles. The second-order valence-electron chi connectivity index (χ2n) is 4.91. The van der Waals surface area contributed by atoms with Gasteiger partial charge in [0.1, 0.15) is 0 Å². The lowest BCUT2D eigenvalue weighted by atomic mass is 10.1. The zero-order chi connectivity index (χ0) is 16.3. The number of hydrogen-bond acceptors (Lipinski definition) is 4. The largest absolute Gasteiger partial charge is 0.479 e. The lowest BCUT2D eigenvalue weighted by Gasteiger charge is -2.28. The van der Waals surface area contributed by atoms with Crippen LogP contribution in [0, 0.1) is 0 Å². The third kappa shape index (κ3) is 4.11. The summed E-state index contributed by atoms with van der Waals surface area (Å²) in [6.07, 6.45) is 0. The van der Waals surface area contributed by atoms with Crippen molar-refractivity contribution in [3.63, 3.8) is 0 Å². The molecule has 1 atom stereocenters. The number of carboxylic acid groups (broad SMARTS) is 1. The topological polar surface area (TPSA) is 104 Å². The van der Waals surface area contributed by atoms with E-state index in [-0.39, 0.29) is 24.6 Å². The molecular formula is C13H15ClN2O5S. The third-order valence-corrected chi connectivity index (χ3v) is 5.17. The maximum absolute atomic E-state index is 12.1. The van der Waals surface area contributed by atoms with Crippen LogP contribution in [0.25, 0.3) is 0 Å². The first-order valence-electron chi connectivity index (χ1n) is 6.52. The number of carbonyl (C=O) groups is 2. The van der Waals surface area contributed by atoms with Crippen LogP contribution in [0.1, 0.15) is 11.6 Å². The molecule has 9 heteroatoms. The molecule has 0 bridgehead atoms. The van der Waals surface area contributed by atoms with Crippen molar-refractivity contribution < 1.29 is 23.1 Å². The molecule has 1 heterocycles. The van der Waals surface area contributed by atoms with Gasteiger partial charge in [0.25, 0.3) is 0 Å². The van der Waals surface area contributed by atoms with E-state index in [0.717, 1.165) is 0 Å². The first-order chi connectivity index (χ1) is 10.3. The van der Waals surface area contributed by atoms with Crippen LogP contribution in [0.4, 0.5) is 4.79 Å². The lowest BCUT2D eigenvalue weighted by molar-refractivity contribution is -0.139. The van der Waals surface area contributed by atoms with Crippen LogP contribution in [0.15, 0.2) is 24.3 Å². The Bertz CT molecular complexity index is 677. The first-order valence-corrected chi connectivity index (χ1v) is 8.72. The quantitative estimate of drug-likeness (QED) is 0.846. The van der Waals surface area contributed by atoms with Crippen LogP contribution >= 0.6 is 11.6 Å². The van der Waals surface area contributed by atoms with Crippen molar-refractivity contribution in [2.45, 2.75) is 6.04 Å². The van der Waals surface area contributed by atoms with Crippen molar-refractivity contribution in [2.75, 3.05) is 24.6 Å². The molecule has 1 aromatic carbocycles. The number of aliphatic carboxylic acids is 1. The summed E-state index contributed by atoms with van der Waals surface area (Å²) in [6.45, 7) is 0.103. The van der Waals surface area contributed by atoms with Crippen LogP contribution in [0.5, 0.6) is 0 Å². The average Bonchev–Trinajstić information content (AvgIpc) is 2.44. The highest BCUT2D eigenvalue weighted by molar-refractivity contribution is 7.91. The zero-order valence-electron chi connectivity index (χ0n) is 11.5. The standard InChI is InChI=1S/C13H15ClN2O5S/c14-10-3-1-2-9(8-10)11(12(17)18)15-13(19)16-4-6-22(20,21)7-5-16/h1-3,8,11H,4-7H2,(H,15,19)(H,17,18). The van der Waals surface area contributed by atoms with Gasteiger partial charge in [-0.25, -0.2) is 18.0 Å². The summed E-state index contributed by atoms with van der Waals surface area (Å²) >= 11 is 5.83. The number of urea groups is 1. The lowest BCUT2D eigenvalue weighted by Crippen LogP contribution is -2.49. The molecular weight excluding hydrogens is 332 g/mol. The van der Waals surface area contributed by atoms with Crippen LogP contribution < -0.4 is 5.32 Å². The van der Waals surface area contributed by atoms with E-state index >= 15 is 0 Å². The molecule has 1 unspecified atom stereocenters. The van der Waals surface area contributed by atoms with Gasteiger partial charge < -0.3 is 15.3 Å². The summed E-state index contributed by atoms with van der Waals surface area (Å²) in [5.41, 5.74) is 0.345. The predicted molar refractivity (Wildman–Crippen MR) is 80.6 cm³/mol. The smallest absolute Gasteiger partial charge is 0.330 e. The molecule has 22 heavy (non-hydrogen) atoms. The molecule has 0 spiro atoms. The van der Waals surface area contributed by atoms with Crippen LogP contribution in [0.3, 0.4) is 0 Å². The van der Waals surface area contributed by atoms with Gasteiger partial charge in [0.15, 0.2) is 15.9 Å². The molecule has 1 aliphatic heterocycles. The molecule has 1 fully saturated rings. The van der Waals surface area contributed by atoms with E-state index in [1.165, 1.54) is 11.0 Å². The van der Waals surface area contributed by atoms with E-state index in [9.17, 15) is 23.1 Å². The van der Waals surface area contributed by atoms with Gasteiger partial charge in [-0.05, 0) is 17.7 Å². The molecule has 2 amide bonds. The Labute approximate surface area is 132 Å². The number of amides is 2. The van der Waals surface area contributed by atoms with Gasteiger partial charge in [-0.15, -0.1) is 0 Å². The minimum atomic E-state index is -3.11. The minimum absolute atomic E-state index is 0.0516. The highest BCUT2D eigenvalue weighted by Crippen LogP contribution is 2.18. The van der Waals surface area contributed by atoms with Gasteiger partial charge in [0, 0.05) is 18.1 Å². The highest BCUT2D eigenvalue weighted by Gasteiger charge is 2.29. The second-order valence-corrected chi connectivity index (χ2v) is 7.65. The predicted octanol–water partition coefficient (Wildman–Crippen LogP) is 0.906. The fraction of sp³-hybridized carbons (Fsp3) is 0.385. The Hall–Kier alpha value is -1.80. The molecule has 1 aliphatic rings. The molecule has 1 aromatic rings. The van der Waals surface area contributed by atoms with E-state index in [1.54, 1.807) is 18.2 Å². The van der Waals surface area contributed by atoms with E-state index in [0.29, 0.717) is 10.6 Å². The van der Waals surface area contributed by atoms with E-state index < -0.39 is 27.9 Å². The average molecular weight is 347 g/mol. The Balaban J connectivity index is 2.09. The summed E-state index contributed by atoms with van der Waals surface area (Å²) in [6, 6.07) is 4.34. The summed E-state index contributed by atoms with van der Waals surface area (Å²) in [7, 11) is -3.11. The monoisotopic (exact) mass is 346 g/mol. The zero-order valence-corrected chi connectivity index (χ0v) is 13.1. The second kappa shape index (κ2) is 6.53. The van der Waals surface area contributed by atoms with Crippen molar-refractivity contribution in [1.82, 2.24) is 10.2 Å². The summed E-state index contributed by atoms with van der Waals surface area (Å²) in [5.74, 6) is -1.45. The van der Waals surface area contributed by atoms with Gasteiger partial charge >= 0.3 is 12.0 Å². The molecule has 2 N–H and O–H groups in total. The van der Waals surface area contributed by atoms with Gasteiger partial charge in [-0.2, -0.15) is 0 Å². The number of nitrogens with one attached hydrogen (secondary N) is 1. The van der Waals surface area contributed by atoms with Gasteiger partial charge in [0.05, 0.1) is 11.5 Å². The number of nitrogens with zero attached hydrogens (tertiary/aromatic N) is 1. The molecule has 0 aromatic heterocycles. The molecule has 0 aliphatic carbocycles. The Kier molecular flexibility index (Phi) is 4.92.